The zero-order chi connectivity index (χ0) is 10.8. The molecule has 1 aromatic rings. The number of hydrogen-bond acceptors (Lipinski definition) is 5. The summed E-state index contributed by atoms with van der Waals surface area (Å²) in [6.07, 6.45) is 2.75. The van der Waals surface area contributed by atoms with Crippen LogP contribution in [0.5, 0.6) is 0 Å². The quantitative estimate of drug-likeness (QED) is 0.807. The molecule has 2 N–H and O–H groups in total. The van der Waals surface area contributed by atoms with Gasteiger partial charge in [0, 0.05) is 19.4 Å². The van der Waals surface area contributed by atoms with Gasteiger partial charge in [-0.05, 0) is 6.08 Å². The first kappa shape index (κ1) is 10.0. The van der Waals surface area contributed by atoms with Crippen LogP contribution in [0, 0.1) is 5.92 Å². The molecule has 82 valence electrons. The van der Waals surface area contributed by atoms with Crippen LogP contribution >= 0.6 is 0 Å². The second-order valence-corrected chi connectivity index (χ2v) is 3.52. The smallest absolute Gasteiger partial charge is 0.178 e. The van der Waals surface area contributed by atoms with Gasteiger partial charge in [-0.3, -0.25) is 0 Å². The molecule has 1 aliphatic carbocycles. The lowest BCUT2D eigenvalue weighted by molar-refractivity contribution is 0.164. The minimum absolute atomic E-state index is 0.254. The number of nitrogens with zero attached hydrogens (tertiary/aromatic N) is 1. The summed E-state index contributed by atoms with van der Waals surface area (Å²) < 4.78 is 15.5. The van der Waals surface area contributed by atoms with Gasteiger partial charge < -0.3 is 19.7 Å². The first-order valence-corrected chi connectivity index (χ1v) is 4.75. The molecule has 5 heteroatoms. The number of nitrogens with two attached hydrogens (primary N) is 1. The van der Waals surface area contributed by atoms with Crippen LogP contribution in [0.1, 0.15) is 11.3 Å². The summed E-state index contributed by atoms with van der Waals surface area (Å²) in [4.78, 5) is 0. The van der Waals surface area contributed by atoms with Crippen molar-refractivity contribution in [1.82, 2.24) is 5.16 Å². The molecule has 0 fully saturated rings. The second kappa shape index (κ2) is 3.94. The number of ether oxygens (including phenoxy) is 2. The Bertz CT molecular complexity index is 384. The van der Waals surface area contributed by atoms with Crippen LogP contribution in [0.4, 0.5) is 5.82 Å². The summed E-state index contributed by atoms with van der Waals surface area (Å²) in [5.74, 6) is 2.13. The van der Waals surface area contributed by atoms with E-state index >= 15 is 0 Å². The van der Waals surface area contributed by atoms with E-state index in [1.807, 2.05) is 6.08 Å². The summed E-state index contributed by atoms with van der Waals surface area (Å²) in [5, 5.41) is 3.73. The van der Waals surface area contributed by atoms with Crippen LogP contribution in [-0.2, 0) is 15.9 Å². The molecule has 0 radical (unpaired) electrons. The average molecular weight is 210 g/mol. The monoisotopic (exact) mass is 210 g/mol. The molecule has 0 saturated carbocycles. The highest BCUT2D eigenvalue weighted by atomic mass is 16.5. The highest BCUT2D eigenvalue weighted by Crippen LogP contribution is 2.33. The molecule has 15 heavy (non-hydrogen) atoms. The van der Waals surface area contributed by atoms with Gasteiger partial charge in [-0.2, -0.15) is 0 Å². The third kappa shape index (κ3) is 1.70. The van der Waals surface area contributed by atoms with Gasteiger partial charge in [-0.1, -0.05) is 5.16 Å². The molecule has 1 aromatic heterocycles. The molecular weight excluding hydrogens is 196 g/mol. The fourth-order valence-electron chi connectivity index (χ4n) is 1.83. The SMILES string of the molecule is COCC1C=C(OC)c2c(N)noc2C1. The first-order valence-electron chi connectivity index (χ1n) is 4.75. The van der Waals surface area contributed by atoms with Crippen molar-refractivity contribution in [3.8, 4) is 0 Å². The Morgan fingerprint density at radius 1 is 1.60 bits per heavy atom. The molecular formula is C10H14N2O3. The van der Waals surface area contributed by atoms with Crippen LogP contribution in [-0.4, -0.2) is 26.0 Å². The Hall–Kier alpha value is -1.49. The zero-order valence-corrected chi connectivity index (χ0v) is 8.82. The largest absolute Gasteiger partial charge is 0.496 e. The number of aromatic nitrogens is 1. The Morgan fingerprint density at radius 3 is 3.07 bits per heavy atom. The lowest BCUT2D eigenvalue weighted by Gasteiger charge is -2.18. The minimum Gasteiger partial charge on any atom is -0.496 e. The van der Waals surface area contributed by atoms with Gasteiger partial charge in [0.2, 0.25) is 0 Å². The molecule has 5 nitrogen and oxygen atoms in total. The molecule has 1 atom stereocenters. The molecule has 1 aliphatic rings. The predicted octanol–water partition coefficient (Wildman–Crippen LogP) is 1.06. The number of hydrogen-bond donors (Lipinski definition) is 1. The maximum Gasteiger partial charge on any atom is 0.178 e. The fraction of sp³-hybridized carbons (Fsp3) is 0.500. The minimum atomic E-state index is 0.254. The highest BCUT2D eigenvalue weighted by molar-refractivity contribution is 5.71. The van der Waals surface area contributed by atoms with Gasteiger partial charge in [0.05, 0.1) is 13.7 Å². The molecule has 0 spiro atoms. The number of rotatable bonds is 3. The van der Waals surface area contributed by atoms with Gasteiger partial charge in [0.15, 0.2) is 11.6 Å². The molecule has 0 saturated heterocycles. The van der Waals surface area contributed by atoms with Crippen molar-refractivity contribution < 1.29 is 14.0 Å². The summed E-state index contributed by atoms with van der Waals surface area (Å²) in [6, 6.07) is 0. The maximum absolute atomic E-state index is 5.69. The molecule has 0 aliphatic heterocycles. The van der Waals surface area contributed by atoms with E-state index in [-0.39, 0.29) is 5.92 Å². The van der Waals surface area contributed by atoms with E-state index in [9.17, 15) is 0 Å². The van der Waals surface area contributed by atoms with Crippen molar-refractivity contribution in [3.05, 3.63) is 17.4 Å². The average Bonchev–Trinajstić information content (AvgIpc) is 2.60. The molecule has 0 bridgehead atoms. The van der Waals surface area contributed by atoms with Gasteiger partial charge in [-0.15, -0.1) is 0 Å². The van der Waals surface area contributed by atoms with E-state index in [2.05, 4.69) is 5.16 Å². The van der Waals surface area contributed by atoms with Crippen LogP contribution in [0.2, 0.25) is 0 Å². The topological polar surface area (TPSA) is 70.5 Å². The van der Waals surface area contributed by atoms with Crippen LogP contribution in [0.25, 0.3) is 5.76 Å². The van der Waals surface area contributed by atoms with Gasteiger partial charge in [0.25, 0.3) is 0 Å². The van der Waals surface area contributed by atoms with Crippen molar-refractivity contribution >= 4 is 11.6 Å². The van der Waals surface area contributed by atoms with Crippen molar-refractivity contribution in [2.75, 3.05) is 26.6 Å². The van der Waals surface area contributed by atoms with E-state index in [0.29, 0.717) is 12.4 Å². The van der Waals surface area contributed by atoms with Gasteiger partial charge in [-0.25, -0.2) is 0 Å². The van der Waals surface area contributed by atoms with Crippen LogP contribution in [0.3, 0.4) is 0 Å². The van der Waals surface area contributed by atoms with Crippen LogP contribution in [0.15, 0.2) is 10.6 Å². The Labute approximate surface area is 87.8 Å². The summed E-state index contributed by atoms with van der Waals surface area (Å²) >= 11 is 0. The van der Waals surface area contributed by atoms with E-state index in [4.69, 9.17) is 19.7 Å². The Balaban J connectivity index is 2.34. The standard InChI is InChI=1S/C10H14N2O3/c1-13-5-6-3-7(14-2)9-8(4-6)15-12-10(9)11/h3,6H,4-5H2,1-2H3,(H2,11,12). The zero-order valence-electron chi connectivity index (χ0n) is 8.82. The molecule has 2 rings (SSSR count). The molecule has 1 heterocycles. The van der Waals surface area contributed by atoms with E-state index in [0.717, 1.165) is 23.5 Å². The lowest BCUT2D eigenvalue weighted by atomic mass is 9.94. The summed E-state index contributed by atoms with van der Waals surface area (Å²) in [7, 11) is 3.28. The number of anilines is 1. The lowest BCUT2D eigenvalue weighted by Crippen LogP contribution is -2.15. The van der Waals surface area contributed by atoms with Crippen molar-refractivity contribution in [1.29, 1.82) is 0 Å². The van der Waals surface area contributed by atoms with Gasteiger partial charge in [0.1, 0.15) is 11.3 Å². The third-order valence-electron chi connectivity index (χ3n) is 2.47. The van der Waals surface area contributed by atoms with E-state index < -0.39 is 0 Å². The van der Waals surface area contributed by atoms with E-state index in [1.165, 1.54) is 0 Å². The normalized spacial score (nSPS) is 19.6. The highest BCUT2D eigenvalue weighted by Gasteiger charge is 2.26. The Morgan fingerprint density at radius 2 is 2.40 bits per heavy atom. The van der Waals surface area contributed by atoms with E-state index in [1.54, 1.807) is 14.2 Å². The molecule has 0 amide bonds. The summed E-state index contributed by atoms with van der Waals surface area (Å²) in [5.41, 5.74) is 6.47. The number of fused-ring (bicyclic) bond motifs is 1. The first-order chi connectivity index (χ1) is 7.26. The number of methoxy groups -OCH3 is 2. The van der Waals surface area contributed by atoms with Gasteiger partial charge >= 0.3 is 0 Å². The number of nitrogen functional groups attached to an aromatic ring is 1. The maximum atomic E-state index is 5.69. The molecule has 0 aromatic carbocycles. The second-order valence-electron chi connectivity index (χ2n) is 3.52. The van der Waals surface area contributed by atoms with Crippen molar-refractivity contribution in [2.45, 2.75) is 6.42 Å². The van der Waals surface area contributed by atoms with Crippen LogP contribution < -0.4 is 5.73 Å². The fourth-order valence-corrected chi connectivity index (χ4v) is 1.83. The van der Waals surface area contributed by atoms with Crippen molar-refractivity contribution in [2.24, 2.45) is 5.92 Å². The van der Waals surface area contributed by atoms with Crippen molar-refractivity contribution in [3.63, 3.8) is 0 Å². The summed E-state index contributed by atoms with van der Waals surface area (Å²) in [6.45, 7) is 0.632. The Kier molecular flexibility index (Phi) is 2.64. The predicted molar refractivity (Wildman–Crippen MR) is 55.0 cm³/mol. The third-order valence-corrected chi connectivity index (χ3v) is 2.47. The molecule has 1 unspecified atom stereocenters.